The van der Waals surface area contributed by atoms with Gasteiger partial charge in [0.05, 0.1) is 6.04 Å². The first-order valence-electron chi connectivity index (χ1n) is 11.5. The molecule has 32 heavy (non-hydrogen) atoms. The zero-order valence-electron chi connectivity index (χ0n) is 19.3. The van der Waals surface area contributed by atoms with Crippen molar-refractivity contribution in [2.24, 2.45) is 0 Å². The summed E-state index contributed by atoms with van der Waals surface area (Å²) in [6.45, 7) is 11.5. The lowest BCUT2D eigenvalue weighted by Crippen LogP contribution is -2.45. The van der Waals surface area contributed by atoms with E-state index in [9.17, 15) is 14.4 Å². The van der Waals surface area contributed by atoms with Gasteiger partial charge in [0.2, 0.25) is 5.91 Å². The molecule has 7 nitrogen and oxygen atoms in total. The maximum Gasteiger partial charge on any atom is 0.410 e. The predicted molar refractivity (Wildman–Crippen MR) is 121 cm³/mol. The van der Waals surface area contributed by atoms with E-state index in [0.29, 0.717) is 44.1 Å². The molecule has 3 amide bonds. The summed E-state index contributed by atoms with van der Waals surface area (Å²) in [5.74, 6) is 0.318. The van der Waals surface area contributed by atoms with Crippen LogP contribution in [-0.2, 0) is 16.1 Å². The number of rotatable bonds is 2. The maximum absolute atomic E-state index is 13.0. The Morgan fingerprint density at radius 1 is 1.16 bits per heavy atom. The number of benzene rings is 1. The number of hydrogen-bond donors (Lipinski definition) is 1. The van der Waals surface area contributed by atoms with E-state index in [4.69, 9.17) is 4.74 Å². The van der Waals surface area contributed by atoms with Crippen LogP contribution in [0.1, 0.15) is 80.3 Å². The minimum absolute atomic E-state index is 0.00539. The molecule has 172 valence electrons. The Hall–Kier alpha value is -2.83. The van der Waals surface area contributed by atoms with Gasteiger partial charge in [-0.15, -0.1) is 0 Å². The molecule has 0 aromatic heterocycles. The highest BCUT2D eigenvalue weighted by Crippen LogP contribution is 2.34. The molecule has 3 aliphatic heterocycles. The van der Waals surface area contributed by atoms with Crippen molar-refractivity contribution in [3.8, 4) is 0 Å². The average molecular weight is 440 g/mol. The number of nitrogens with zero attached hydrogens (tertiary/aromatic N) is 2. The molecule has 0 bridgehead atoms. The summed E-state index contributed by atoms with van der Waals surface area (Å²) in [7, 11) is 0. The lowest BCUT2D eigenvalue weighted by molar-refractivity contribution is -0.121. The number of likely N-dealkylation sites (tertiary alicyclic amines) is 1. The topological polar surface area (TPSA) is 79.0 Å². The van der Waals surface area contributed by atoms with Gasteiger partial charge in [0, 0.05) is 37.3 Å². The van der Waals surface area contributed by atoms with Gasteiger partial charge in [0.1, 0.15) is 5.60 Å². The third kappa shape index (κ3) is 4.66. The highest BCUT2D eigenvalue weighted by molar-refractivity contribution is 5.99. The minimum Gasteiger partial charge on any atom is -0.444 e. The highest BCUT2D eigenvalue weighted by atomic mass is 16.6. The predicted octanol–water partition coefficient (Wildman–Crippen LogP) is 3.94. The molecule has 2 atom stereocenters. The molecule has 4 rings (SSSR count). The van der Waals surface area contributed by atoms with E-state index < -0.39 is 5.60 Å². The molecule has 7 heteroatoms. The highest BCUT2D eigenvalue weighted by Gasteiger charge is 2.37. The van der Waals surface area contributed by atoms with E-state index in [0.717, 1.165) is 30.4 Å². The van der Waals surface area contributed by atoms with Gasteiger partial charge >= 0.3 is 6.09 Å². The molecule has 2 fully saturated rings. The zero-order valence-corrected chi connectivity index (χ0v) is 19.3. The molecule has 1 aromatic rings. The Kier molecular flexibility index (Phi) is 6.01. The molecule has 3 aliphatic rings. The second-order valence-electron chi connectivity index (χ2n) is 10.1. The standard InChI is InChI=1S/C25H33N3O4/c1-16-21(9-10-22(29)26-16)28-15-19-14-18(7-8-20(19)23(28)30)17-6-5-12-27(13-11-17)24(31)32-25(2,3)4/h7-8,14,17,21H,1,5-6,9-13,15H2,2-4H3,(H,26,29). The zero-order chi connectivity index (χ0) is 23.0. The number of fused-ring (bicyclic) bond motifs is 1. The minimum atomic E-state index is -0.492. The number of ether oxygens (including phenoxy) is 1. The Bertz CT molecular complexity index is 949. The molecule has 3 heterocycles. The third-order valence-corrected chi connectivity index (χ3v) is 6.54. The average Bonchev–Trinajstić information content (AvgIpc) is 2.88. The Balaban J connectivity index is 1.43. The molecule has 1 N–H and O–H groups in total. The first-order valence-corrected chi connectivity index (χ1v) is 11.5. The van der Waals surface area contributed by atoms with Crippen LogP contribution in [0.2, 0.25) is 0 Å². The Morgan fingerprint density at radius 2 is 1.94 bits per heavy atom. The van der Waals surface area contributed by atoms with Crippen LogP contribution in [0, 0.1) is 0 Å². The summed E-state index contributed by atoms with van der Waals surface area (Å²) in [5.41, 5.74) is 3.11. The molecule has 2 saturated heterocycles. The van der Waals surface area contributed by atoms with Gasteiger partial charge in [-0.3, -0.25) is 9.59 Å². The van der Waals surface area contributed by atoms with E-state index >= 15 is 0 Å². The van der Waals surface area contributed by atoms with Crippen LogP contribution < -0.4 is 5.32 Å². The lowest BCUT2D eigenvalue weighted by Gasteiger charge is -2.32. The number of carbonyl (C=O) groups excluding carboxylic acids is 3. The van der Waals surface area contributed by atoms with Crippen LogP contribution in [-0.4, -0.2) is 52.4 Å². The number of carbonyl (C=O) groups is 3. The van der Waals surface area contributed by atoms with Crippen molar-refractivity contribution < 1.29 is 19.1 Å². The summed E-state index contributed by atoms with van der Waals surface area (Å²) >= 11 is 0. The van der Waals surface area contributed by atoms with Crippen LogP contribution in [0.4, 0.5) is 4.79 Å². The Labute approximate surface area is 189 Å². The van der Waals surface area contributed by atoms with E-state index in [-0.39, 0.29) is 23.9 Å². The molecule has 0 aliphatic carbocycles. The van der Waals surface area contributed by atoms with Gasteiger partial charge < -0.3 is 19.9 Å². The second-order valence-corrected chi connectivity index (χ2v) is 10.1. The molecule has 0 spiro atoms. The first-order chi connectivity index (χ1) is 15.1. The Morgan fingerprint density at radius 3 is 2.66 bits per heavy atom. The van der Waals surface area contributed by atoms with Crippen LogP contribution in [0.3, 0.4) is 0 Å². The van der Waals surface area contributed by atoms with Crippen molar-refractivity contribution in [2.45, 2.75) is 77.0 Å². The van der Waals surface area contributed by atoms with Gasteiger partial charge in [0.15, 0.2) is 0 Å². The fourth-order valence-electron chi connectivity index (χ4n) is 4.92. The molecule has 2 unspecified atom stereocenters. The van der Waals surface area contributed by atoms with Crippen LogP contribution in [0.15, 0.2) is 30.5 Å². The van der Waals surface area contributed by atoms with Crippen LogP contribution in [0.25, 0.3) is 0 Å². The summed E-state index contributed by atoms with van der Waals surface area (Å²) in [6, 6.07) is 6.00. The van der Waals surface area contributed by atoms with Gasteiger partial charge in [-0.1, -0.05) is 18.7 Å². The quantitative estimate of drug-likeness (QED) is 0.757. The van der Waals surface area contributed by atoms with E-state index in [2.05, 4.69) is 24.0 Å². The van der Waals surface area contributed by atoms with Gasteiger partial charge in [-0.25, -0.2) is 4.79 Å². The first kappa shape index (κ1) is 22.4. The van der Waals surface area contributed by atoms with Crippen molar-refractivity contribution in [3.05, 3.63) is 47.2 Å². The molecule has 1 aromatic carbocycles. The van der Waals surface area contributed by atoms with Crippen LogP contribution in [0.5, 0.6) is 0 Å². The van der Waals surface area contributed by atoms with Crippen molar-refractivity contribution in [1.29, 1.82) is 0 Å². The molecule has 0 radical (unpaired) electrons. The lowest BCUT2D eigenvalue weighted by atomic mass is 9.90. The fourth-order valence-corrected chi connectivity index (χ4v) is 4.92. The SMILES string of the molecule is C=C1NC(=O)CCC1N1Cc2cc(C3CCCN(C(=O)OC(C)(C)C)CC3)ccc2C1=O. The van der Waals surface area contributed by atoms with E-state index in [1.54, 1.807) is 0 Å². The van der Waals surface area contributed by atoms with Crippen molar-refractivity contribution in [3.63, 3.8) is 0 Å². The van der Waals surface area contributed by atoms with Gasteiger partial charge in [-0.2, -0.15) is 0 Å². The molecular weight excluding hydrogens is 406 g/mol. The van der Waals surface area contributed by atoms with Gasteiger partial charge in [-0.05, 0) is 69.6 Å². The fraction of sp³-hybridized carbons (Fsp3) is 0.560. The summed E-state index contributed by atoms with van der Waals surface area (Å²) in [6.07, 6.45) is 3.58. The van der Waals surface area contributed by atoms with Gasteiger partial charge in [0.25, 0.3) is 5.91 Å². The molecular formula is C25H33N3O4. The number of nitrogens with one attached hydrogen (secondary N) is 1. The number of hydrogen-bond acceptors (Lipinski definition) is 4. The summed E-state index contributed by atoms with van der Waals surface area (Å²) in [4.78, 5) is 40.7. The second kappa shape index (κ2) is 8.60. The van der Waals surface area contributed by atoms with Crippen molar-refractivity contribution >= 4 is 17.9 Å². The van der Waals surface area contributed by atoms with E-state index in [1.807, 2.05) is 36.6 Å². The van der Waals surface area contributed by atoms with E-state index in [1.165, 1.54) is 5.56 Å². The van der Waals surface area contributed by atoms with Crippen molar-refractivity contribution in [1.82, 2.24) is 15.1 Å². The summed E-state index contributed by atoms with van der Waals surface area (Å²) < 4.78 is 5.54. The van der Waals surface area contributed by atoms with Crippen LogP contribution >= 0.6 is 0 Å². The number of amides is 3. The number of piperidine rings is 1. The molecule has 0 saturated carbocycles. The largest absolute Gasteiger partial charge is 0.444 e. The smallest absolute Gasteiger partial charge is 0.410 e. The van der Waals surface area contributed by atoms with Crippen molar-refractivity contribution in [2.75, 3.05) is 13.1 Å². The summed E-state index contributed by atoms with van der Waals surface area (Å²) in [5, 5.41) is 2.78. The maximum atomic E-state index is 13.0. The normalized spacial score (nSPS) is 24.2. The monoisotopic (exact) mass is 439 g/mol. The third-order valence-electron chi connectivity index (χ3n) is 6.54.